The molecular weight excluding hydrogens is 396 g/mol. The minimum absolute atomic E-state index is 0.102. The Hall–Kier alpha value is -2.99. The standard InChI is InChI=1S/C24H22N2O3S/c27-21(25-13-3-10-19(25)20-11-5-15-30-20)12-4-14-26-23(28)17-8-1-6-16-7-2-9-18(22(16)17)24(26)29/h1-2,5-9,11,15,19H,3-4,10,12-14H2. The minimum atomic E-state index is -0.269. The van der Waals surface area contributed by atoms with Crippen LogP contribution in [0.4, 0.5) is 0 Å². The monoisotopic (exact) mass is 418 g/mol. The van der Waals surface area contributed by atoms with Gasteiger partial charge in [0.2, 0.25) is 5.91 Å². The van der Waals surface area contributed by atoms with Crippen LogP contribution >= 0.6 is 11.3 Å². The molecule has 1 unspecified atom stereocenters. The van der Waals surface area contributed by atoms with Gasteiger partial charge < -0.3 is 4.90 Å². The summed E-state index contributed by atoms with van der Waals surface area (Å²) < 4.78 is 0. The molecule has 0 radical (unpaired) electrons. The van der Waals surface area contributed by atoms with Crippen molar-refractivity contribution in [2.75, 3.05) is 13.1 Å². The average molecular weight is 419 g/mol. The number of amides is 3. The fraction of sp³-hybridized carbons (Fsp3) is 0.292. The molecule has 1 atom stereocenters. The third-order valence-corrected chi connectivity index (χ3v) is 7.05. The van der Waals surface area contributed by atoms with E-state index in [1.165, 1.54) is 9.78 Å². The number of rotatable bonds is 5. The number of hydrogen-bond donors (Lipinski definition) is 0. The van der Waals surface area contributed by atoms with Crippen molar-refractivity contribution in [3.05, 3.63) is 69.9 Å². The van der Waals surface area contributed by atoms with Gasteiger partial charge in [-0.3, -0.25) is 19.3 Å². The highest BCUT2D eigenvalue weighted by molar-refractivity contribution is 7.10. The minimum Gasteiger partial charge on any atom is -0.335 e. The van der Waals surface area contributed by atoms with Gasteiger partial charge in [-0.25, -0.2) is 0 Å². The molecule has 0 bridgehead atoms. The molecule has 0 saturated carbocycles. The maximum atomic E-state index is 13.0. The van der Waals surface area contributed by atoms with Gasteiger partial charge in [-0.05, 0) is 48.2 Å². The van der Waals surface area contributed by atoms with Crippen molar-refractivity contribution >= 4 is 39.8 Å². The van der Waals surface area contributed by atoms with Crippen molar-refractivity contribution in [1.29, 1.82) is 0 Å². The largest absolute Gasteiger partial charge is 0.335 e. The molecule has 6 heteroatoms. The highest BCUT2D eigenvalue weighted by Crippen LogP contribution is 2.35. The molecule has 30 heavy (non-hydrogen) atoms. The van der Waals surface area contributed by atoms with E-state index in [2.05, 4.69) is 6.07 Å². The van der Waals surface area contributed by atoms with Gasteiger partial charge in [-0.15, -0.1) is 11.3 Å². The van der Waals surface area contributed by atoms with Gasteiger partial charge in [-0.1, -0.05) is 30.3 Å². The van der Waals surface area contributed by atoms with Crippen LogP contribution in [-0.4, -0.2) is 40.6 Å². The second-order valence-electron chi connectivity index (χ2n) is 7.84. The van der Waals surface area contributed by atoms with E-state index < -0.39 is 0 Å². The van der Waals surface area contributed by atoms with Crippen molar-refractivity contribution in [3.63, 3.8) is 0 Å². The molecule has 3 aromatic rings. The molecule has 0 spiro atoms. The maximum absolute atomic E-state index is 13.0. The first-order chi connectivity index (χ1) is 14.6. The van der Waals surface area contributed by atoms with Crippen LogP contribution in [0.3, 0.4) is 0 Å². The van der Waals surface area contributed by atoms with E-state index in [1.807, 2.05) is 40.6 Å². The van der Waals surface area contributed by atoms with E-state index in [9.17, 15) is 14.4 Å². The molecule has 2 aliphatic heterocycles. The van der Waals surface area contributed by atoms with Crippen molar-refractivity contribution in [3.8, 4) is 0 Å². The fourth-order valence-corrected chi connectivity index (χ4v) is 5.53. The van der Waals surface area contributed by atoms with E-state index in [0.29, 0.717) is 24.0 Å². The van der Waals surface area contributed by atoms with Crippen molar-refractivity contribution in [2.45, 2.75) is 31.7 Å². The molecular formula is C24H22N2O3S. The van der Waals surface area contributed by atoms with Crippen LogP contribution in [0.2, 0.25) is 0 Å². The zero-order chi connectivity index (χ0) is 20.7. The molecule has 1 fully saturated rings. The topological polar surface area (TPSA) is 57.7 Å². The van der Waals surface area contributed by atoms with Crippen LogP contribution in [-0.2, 0) is 4.79 Å². The summed E-state index contributed by atoms with van der Waals surface area (Å²) >= 11 is 1.69. The Bertz CT molecular complexity index is 1090. The molecule has 3 heterocycles. The smallest absolute Gasteiger partial charge is 0.261 e. The summed E-state index contributed by atoms with van der Waals surface area (Å²) in [7, 11) is 0. The summed E-state index contributed by atoms with van der Waals surface area (Å²) in [6.45, 7) is 1.03. The van der Waals surface area contributed by atoms with E-state index in [0.717, 1.165) is 30.2 Å². The molecule has 5 nitrogen and oxygen atoms in total. The summed E-state index contributed by atoms with van der Waals surface area (Å²) in [5.74, 6) is -0.436. The van der Waals surface area contributed by atoms with E-state index >= 15 is 0 Å². The lowest BCUT2D eigenvalue weighted by Crippen LogP contribution is -2.41. The first-order valence-electron chi connectivity index (χ1n) is 10.4. The number of carbonyl (C=O) groups excluding carboxylic acids is 3. The number of benzene rings is 2. The SMILES string of the molecule is O=C1c2cccc3cccc(c23)C(=O)N1CCCC(=O)N1CCCC1c1cccs1. The number of hydrogen-bond acceptors (Lipinski definition) is 4. The van der Waals surface area contributed by atoms with E-state index in [-0.39, 0.29) is 30.3 Å². The Morgan fingerprint density at radius 2 is 1.73 bits per heavy atom. The fourth-order valence-electron chi connectivity index (χ4n) is 4.66. The highest BCUT2D eigenvalue weighted by Gasteiger charge is 2.33. The zero-order valence-corrected chi connectivity index (χ0v) is 17.4. The summed E-state index contributed by atoms with van der Waals surface area (Å²) in [5.41, 5.74) is 1.12. The predicted octanol–water partition coefficient (Wildman–Crippen LogP) is 4.64. The van der Waals surface area contributed by atoms with Gasteiger partial charge in [0.05, 0.1) is 6.04 Å². The molecule has 3 amide bonds. The molecule has 152 valence electrons. The van der Waals surface area contributed by atoms with Gasteiger partial charge >= 0.3 is 0 Å². The highest BCUT2D eigenvalue weighted by atomic mass is 32.1. The van der Waals surface area contributed by atoms with Crippen LogP contribution in [0.1, 0.15) is 57.3 Å². The molecule has 0 N–H and O–H groups in total. The Labute approximate surface area is 178 Å². The third kappa shape index (κ3) is 3.12. The summed E-state index contributed by atoms with van der Waals surface area (Å²) in [4.78, 5) is 43.3. The first-order valence-corrected chi connectivity index (χ1v) is 11.2. The van der Waals surface area contributed by atoms with E-state index in [4.69, 9.17) is 0 Å². The third-order valence-electron chi connectivity index (χ3n) is 6.07. The van der Waals surface area contributed by atoms with Crippen LogP contribution in [0.15, 0.2) is 53.9 Å². The average Bonchev–Trinajstić information content (AvgIpc) is 3.45. The zero-order valence-electron chi connectivity index (χ0n) is 16.5. The van der Waals surface area contributed by atoms with Crippen molar-refractivity contribution in [1.82, 2.24) is 9.80 Å². The summed E-state index contributed by atoms with van der Waals surface area (Å²) in [6, 6.07) is 15.3. The molecule has 1 saturated heterocycles. The quantitative estimate of drug-likeness (QED) is 0.567. The van der Waals surface area contributed by atoms with Crippen molar-refractivity contribution in [2.24, 2.45) is 0 Å². The molecule has 1 aromatic heterocycles. The van der Waals surface area contributed by atoms with Crippen LogP contribution < -0.4 is 0 Å². The van der Waals surface area contributed by atoms with Gasteiger partial charge in [0.1, 0.15) is 0 Å². The van der Waals surface area contributed by atoms with Gasteiger partial charge in [0.15, 0.2) is 0 Å². The van der Waals surface area contributed by atoms with Gasteiger partial charge in [0, 0.05) is 40.9 Å². The number of likely N-dealkylation sites (tertiary alicyclic amines) is 1. The number of carbonyl (C=O) groups is 3. The van der Waals surface area contributed by atoms with Crippen LogP contribution in [0, 0.1) is 0 Å². The van der Waals surface area contributed by atoms with Gasteiger partial charge in [-0.2, -0.15) is 0 Å². The second kappa shape index (κ2) is 7.69. The van der Waals surface area contributed by atoms with Crippen LogP contribution in [0.25, 0.3) is 10.8 Å². The first kappa shape index (κ1) is 19.0. The Morgan fingerprint density at radius 3 is 2.40 bits per heavy atom. The summed E-state index contributed by atoms with van der Waals surface area (Å²) in [6.07, 6.45) is 2.82. The predicted molar refractivity (Wildman–Crippen MR) is 117 cm³/mol. The van der Waals surface area contributed by atoms with Crippen molar-refractivity contribution < 1.29 is 14.4 Å². The number of thiophene rings is 1. The summed E-state index contributed by atoms with van der Waals surface area (Å²) in [5, 5.41) is 3.68. The second-order valence-corrected chi connectivity index (χ2v) is 8.81. The molecule has 2 aliphatic rings. The molecule has 2 aromatic carbocycles. The normalized spacial score (nSPS) is 18.5. The number of nitrogens with zero attached hydrogens (tertiary/aromatic N) is 2. The number of imide groups is 1. The Balaban J connectivity index is 1.28. The Kier molecular flexibility index (Phi) is 4.87. The van der Waals surface area contributed by atoms with Gasteiger partial charge in [0.25, 0.3) is 11.8 Å². The Morgan fingerprint density at radius 1 is 1.00 bits per heavy atom. The lowest BCUT2D eigenvalue weighted by Gasteiger charge is -2.28. The molecule has 5 rings (SSSR count). The van der Waals surface area contributed by atoms with E-state index in [1.54, 1.807) is 23.5 Å². The van der Waals surface area contributed by atoms with Crippen LogP contribution in [0.5, 0.6) is 0 Å². The lowest BCUT2D eigenvalue weighted by atomic mass is 9.94. The lowest BCUT2D eigenvalue weighted by molar-refractivity contribution is -0.132. The molecule has 0 aliphatic carbocycles. The maximum Gasteiger partial charge on any atom is 0.261 e.